The van der Waals surface area contributed by atoms with E-state index in [9.17, 15) is 5.11 Å². The van der Waals surface area contributed by atoms with Crippen LogP contribution in [-0.4, -0.2) is 41.9 Å². The first kappa shape index (κ1) is 25.6. The molecule has 4 heteroatoms. The lowest BCUT2D eigenvalue weighted by atomic mass is 10.1. The molecule has 3 atom stereocenters. The minimum Gasteiger partial charge on any atom is -0.394 e. The highest BCUT2D eigenvalue weighted by atomic mass is 16.7. The van der Waals surface area contributed by atoms with E-state index in [2.05, 4.69) is 19.1 Å². The summed E-state index contributed by atoms with van der Waals surface area (Å²) in [6.45, 7) is 2.49. The van der Waals surface area contributed by atoms with Crippen molar-refractivity contribution in [3.05, 3.63) is 37.8 Å². The number of hydrogen-bond acceptors (Lipinski definition) is 4. The van der Waals surface area contributed by atoms with Gasteiger partial charge in [0.1, 0.15) is 6.10 Å². The minimum atomic E-state index is -0.765. The summed E-state index contributed by atoms with van der Waals surface area (Å²) in [5.74, 6) is 0. The molecule has 0 saturated carbocycles. The molecule has 0 aliphatic carbocycles. The van der Waals surface area contributed by atoms with Crippen LogP contribution in [0.4, 0.5) is 0 Å². The zero-order valence-electron chi connectivity index (χ0n) is 17.8. The monoisotopic (exact) mass is 394 g/mol. The molecule has 1 aliphatic rings. The molecular formula is C24H42O4. The van der Waals surface area contributed by atoms with Crippen molar-refractivity contribution in [2.45, 2.75) is 102 Å². The maximum absolute atomic E-state index is 9.56. The van der Waals surface area contributed by atoms with Gasteiger partial charge in [-0.05, 0) is 25.7 Å². The number of ether oxygens (including phenoxy) is 2. The Morgan fingerprint density at radius 2 is 1.57 bits per heavy atom. The Bertz CT molecular complexity index is 359. The molecule has 1 heterocycles. The van der Waals surface area contributed by atoms with Crippen molar-refractivity contribution >= 4 is 0 Å². The van der Waals surface area contributed by atoms with E-state index in [4.69, 9.17) is 14.6 Å². The molecule has 0 unspecified atom stereocenters. The molecule has 1 saturated heterocycles. The van der Waals surface area contributed by atoms with Gasteiger partial charge < -0.3 is 19.7 Å². The second-order valence-corrected chi connectivity index (χ2v) is 7.61. The average Bonchev–Trinajstić information content (AvgIpc) is 2.71. The quantitative estimate of drug-likeness (QED) is 0.315. The molecule has 4 radical (unpaired) electrons. The van der Waals surface area contributed by atoms with E-state index < -0.39 is 18.5 Å². The highest BCUT2D eigenvalue weighted by Gasteiger charge is 2.30. The van der Waals surface area contributed by atoms with Crippen LogP contribution in [0.5, 0.6) is 0 Å². The first-order valence-electron chi connectivity index (χ1n) is 11.3. The number of rotatable bonds is 18. The van der Waals surface area contributed by atoms with Gasteiger partial charge in [0.05, 0.1) is 19.3 Å². The van der Waals surface area contributed by atoms with E-state index >= 15 is 0 Å². The number of aliphatic hydroxyl groups excluding tert-OH is 2. The van der Waals surface area contributed by atoms with Crippen molar-refractivity contribution in [2.75, 3.05) is 13.2 Å². The molecule has 0 aromatic carbocycles. The van der Waals surface area contributed by atoms with Crippen LogP contribution in [0.1, 0.15) is 84.0 Å². The zero-order chi connectivity index (χ0) is 20.3. The van der Waals surface area contributed by atoms with Crippen molar-refractivity contribution in [3.63, 3.8) is 0 Å². The third kappa shape index (κ3) is 13.7. The highest BCUT2D eigenvalue weighted by Crippen LogP contribution is 2.18. The Morgan fingerprint density at radius 3 is 2.21 bits per heavy atom. The SMILES string of the molecule is CCCCCCCCCCCCC/C=C/[CH][CH]CO[C@H]1[CH][CH][C@H](O)[C@@H](CO)O1. The van der Waals surface area contributed by atoms with Gasteiger partial charge in [-0.3, -0.25) is 0 Å². The third-order valence-electron chi connectivity index (χ3n) is 5.05. The third-order valence-corrected chi connectivity index (χ3v) is 5.05. The Balaban J connectivity index is 1.80. The van der Waals surface area contributed by atoms with Crippen molar-refractivity contribution in [1.29, 1.82) is 0 Å². The second kappa shape index (κ2) is 18.6. The first-order valence-corrected chi connectivity index (χ1v) is 11.3. The molecule has 1 aliphatic heterocycles. The molecule has 1 fully saturated rings. The minimum absolute atomic E-state index is 0.219. The molecule has 162 valence electrons. The van der Waals surface area contributed by atoms with Gasteiger partial charge in [0, 0.05) is 12.8 Å². The lowest BCUT2D eigenvalue weighted by molar-refractivity contribution is -0.190. The van der Waals surface area contributed by atoms with Gasteiger partial charge >= 0.3 is 0 Å². The van der Waals surface area contributed by atoms with E-state index in [1.54, 1.807) is 12.8 Å². The van der Waals surface area contributed by atoms with Gasteiger partial charge in [-0.1, -0.05) is 83.3 Å². The number of aliphatic hydroxyl groups is 2. The fraction of sp³-hybridized carbons (Fsp3) is 0.750. The fourth-order valence-corrected chi connectivity index (χ4v) is 3.26. The van der Waals surface area contributed by atoms with Gasteiger partial charge in [-0.25, -0.2) is 0 Å². The van der Waals surface area contributed by atoms with E-state index in [0.29, 0.717) is 6.61 Å². The predicted octanol–water partition coefficient (Wildman–Crippen LogP) is 5.16. The summed E-state index contributed by atoms with van der Waals surface area (Å²) in [5.41, 5.74) is 0. The topological polar surface area (TPSA) is 58.9 Å². The molecule has 28 heavy (non-hydrogen) atoms. The molecule has 0 aromatic rings. The van der Waals surface area contributed by atoms with Crippen LogP contribution >= 0.6 is 0 Å². The maximum Gasteiger partial charge on any atom is 0.161 e. The Kier molecular flexibility index (Phi) is 17.0. The van der Waals surface area contributed by atoms with Crippen LogP contribution in [-0.2, 0) is 9.47 Å². The summed E-state index contributed by atoms with van der Waals surface area (Å²) >= 11 is 0. The van der Waals surface area contributed by atoms with Crippen molar-refractivity contribution in [1.82, 2.24) is 0 Å². The van der Waals surface area contributed by atoms with Gasteiger partial charge in [-0.2, -0.15) is 0 Å². The van der Waals surface area contributed by atoms with E-state index in [0.717, 1.165) is 6.42 Å². The van der Waals surface area contributed by atoms with Crippen LogP contribution in [0.25, 0.3) is 0 Å². The molecule has 0 aromatic heterocycles. The molecule has 2 N–H and O–H groups in total. The average molecular weight is 395 g/mol. The highest BCUT2D eigenvalue weighted by molar-refractivity contribution is 5.04. The summed E-state index contributed by atoms with van der Waals surface area (Å²) in [5, 5.41) is 18.7. The number of hydrogen-bond donors (Lipinski definition) is 2. The summed E-state index contributed by atoms with van der Waals surface area (Å²) in [4.78, 5) is 0. The van der Waals surface area contributed by atoms with E-state index in [1.807, 2.05) is 12.8 Å². The van der Waals surface area contributed by atoms with Crippen molar-refractivity contribution < 1.29 is 19.7 Å². The normalized spacial score (nSPS) is 22.9. The number of unbranched alkanes of at least 4 members (excludes halogenated alkanes) is 12. The largest absolute Gasteiger partial charge is 0.394 e. The van der Waals surface area contributed by atoms with Crippen LogP contribution in [0.2, 0.25) is 0 Å². The Labute approximate surface area is 173 Å². The number of allylic oxidation sites excluding steroid dienone is 2. The Hall–Kier alpha value is -0.420. The molecule has 0 amide bonds. The molecule has 1 rings (SSSR count). The lowest BCUT2D eigenvalue weighted by Gasteiger charge is -2.32. The summed E-state index contributed by atoms with van der Waals surface area (Å²) < 4.78 is 10.9. The summed E-state index contributed by atoms with van der Waals surface area (Å²) in [6, 6.07) is 0. The van der Waals surface area contributed by atoms with Crippen molar-refractivity contribution in [3.8, 4) is 0 Å². The summed E-state index contributed by atoms with van der Waals surface area (Å²) in [6.07, 6.45) is 25.9. The van der Waals surface area contributed by atoms with Gasteiger partial charge in [-0.15, -0.1) is 0 Å². The first-order chi connectivity index (χ1) is 13.8. The molecule has 0 bridgehead atoms. The lowest BCUT2D eigenvalue weighted by Crippen LogP contribution is -2.43. The maximum atomic E-state index is 9.56. The standard InChI is InChI=1S/C24H42O4/c1-2-3-4-5-6-7-8-9-10-11-12-13-14-15-16-17-20-27-24-19-18-22(26)23(21-25)28-24/h14-19,22-26H,2-13,20-21H2,1H3/b15-14+/t22-,23+,24+/m0/s1. The molecular weight excluding hydrogens is 352 g/mol. The van der Waals surface area contributed by atoms with Crippen molar-refractivity contribution in [2.24, 2.45) is 0 Å². The van der Waals surface area contributed by atoms with Gasteiger partial charge in [0.2, 0.25) is 0 Å². The zero-order valence-corrected chi connectivity index (χ0v) is 17.8. The summed E-state index contributed by atoms with van der Waals surface area (Å²) in [7, 11) is 0. The second-order valence-electron chi connectivity index (χ2n) is 7.61. The fourth-order valence-electron chi connectivity index (χ4n) is 3.26. The van der Waals surface area contributed by atoms with Crippen LogP contribution in [0, 0.1) is 25.7 Å². The van der Waals surface area contributed by atoms with E-state index in [1.165, 1.54) is 70.6 Å². The van der Waals surface area contributed by atoms with Crippen LogP contribution in [0.15, 0.2) is 12.2 Å². The molecule has 4 nitrogen and oxygen atoms in total. The van der Waals surface area contributed by atoms with E-state index in [-0.39, 0.29) is 6.61 Å². The van der Waals surface area contributed by atoms with Crippen LogP contribution in [0.3, 0.4) is 0 Å². The van der Waals surface area contributed by atoms with Gasteiger partial charge in [0.15, 0.2) is 6.29 Å². The van der Waals surface area contributed by atoms with Crippen LogP contribution < -0.4 is 0 Å². The Morgan fingerprint density at radius 1 is 0.929 bits per heavy atom. The predicted molar refractivity (Wildman–Crippen MR) is 115 cm³/mol. The smallest absolute Gasteiger partial charge is 0.161 e. The van der Waals surface area contributed by atoms with Gasteiger partial charge in [0.25, 0.3) is 0 Å². The molecule has 0 spiro atoms.